The van der Waals surface area contributed by atoms with E-state index in [1.165, 1.54) is 0 Å². The lowest BCUT2D eigenvalue weighted by Gasteiger charge is -2.09. The molecule has 1 aromatic heterocycles. The van der Waals surface area contributed by atoms with Crippen LogP contribution in [0.25, 0.3) is 5.69 Å². The van der Waals surface area contributed by atoms with Crippen LogP contribution in [-0.4, -0.2) is 41.5 Å². The van der Waals surface area contributed by atoms with Gasteiger partial charge in [0.05, 0.1) is 11.4 Å². The van der Waals surface area contributed by atoms with Gasteiger partial charge in [-0.2, -0.15) is 5.10 Å². The van der Waals surface area contributed by atoms with Gasteiger partial charge in [-0.3, -0.25) is 4.79 Å². The third kappa shape index (κ3) is 4.93. The molecule has 0 atom stereocenters. The van der Waals surface area contributed by atoms with E-state index in [0.29, 0.717) is 12.4 Å². The van der Waals surface area contributed by atoms with Crippen molar-refractivity contribution in [1.29, 1.82) is 0 Å². The molecule has 2 rings (SSSR count). The Hall–Kier alpha value is -2.67. The normalized spacial score (nSPS) is 10.3. The van der Waals surface area contributed by atoms with E-state index in [0.717, 1.165) is 11.4 Å². The number of carbonyl (C=O) groups excluding carboxylic acids is 2. The Bertz CT molecular complexity index is 667. The molecule has 2 aromatic rings. The molecule has 0 radical (unpaired) electrons. The van der Waals surface area contributed by atoms with Gasteiger partial charge in [-0.1, -0.05) is 18.2 Å². The maximum absolute atomic E-state index is 11.9. The Kier molecular flexibility index (Phi) is 5.87. The van der Waals surface area contributed by atoms with Crippen molar-refractivity contribution in [2.75, 3.05) is 25.1 Å². The quantitative estimate of drug-likeness (QED) is 0.786. The van der Waals surface area contributed by atoms with Crippen LogP contribution in [0.2, 0.25) is 0 Å². The molecule has 0 saturated heterocycles. The van der Waals surface area contributed by atoms with Crippen LogP contribution in [0.5, 0.6) is 0 Å². The van der Waals surface area contributed by atoms with Crippen LogP contribution in [-0.2, 0) is 19.1 Å². The van der Waals surface area contributed by atoms with Gasteiger partial charge >= 0.3 is 5.97 Å². The first-order valence-electron chi connectivity index (χ1n) is 7.25. The smallest absolute Gasteiger partial charge is 0.332 e. The second-order valence-corrected chi connectivity index (χ2v) is 4.76. The van der Waals surface area contributed by atoms with Gasteiger partial charge in [0.25, 0.3) is 5.91 Å². The Morgan fingerprint density at radius 2 is 1.96 bits per heavy atom. The molecule has 0 aliphatic heterocycles. The number of anilines is 1. The van der Waals surface area contributed by atoms with Crippen molar-refractivity contribution < 1.29 is 19.1 Å². The molecule has 1 amide bonds. The van der Waals surface area contributed by atoms with E-state index < -0.39 is 11.9 Å². The summed E-state index contributed by atoms with van der Waals surface area (Å²) < 4.78 is 11.4. The monoisotopic (exact) mass is 317 g/mol. The largest absolute Gasteiger partial charge is 0.454 e. The minimum Gasteiger partial charge on any atom is -0.454 e. The number of nitrogens with zero attached hydrogens (tertiary/aromatic N) is 2. The predicted molar refractivity (Wildman–Crippen MR) is 84.4 cm³/mol. The molecule has 0 saturated carbocycles. The van der Waals surface area contributed by atoms with Crippen LogP contribution in [0.3, 0.4) is 0 Å². The summed E-state index contributed by atoms with van der Waals surface area (Å²) in [6.07, 6.45) is 0. The first-order valence-corrected chi connectivity index (χ1v) is 7.25. The molecule has 1 heterocycles. The van der Waals surface area contributed by atoms with E-state index in [4.69, 9.17) is 9.47 Å². The summed E-state index contributed by atoms with van der Waals surface area (Å²) in [5.74, 6) is -0.499. The summed E-state index contributed by atoms with van der Waals surface area (Å²) in [7, 11) is 0. The van der Waals surface area contributed by atoms with Crippen molar-refractivity contribution >= 4 is 17.7 Å². The fraction of sp³-hybridized carbons (Fsp3) is 0.312. The Labute approximate surface area is 134 Å². The topological polar surface area (TPSA) is 82.4 Å². The van der Waals surface area contributed by atoms with Crippen LogP contribution in [0, 0.1) is 6.92 Å². The van der Waals surface area contributed by atoms with Gasteiger partial charge in [-0.25, -0.2) is 9.48 Å². The molecule has 0 fully saturated rings. The molecule has 0 unspecified atom stereocenters. The molecule has 0 aliphatic carbocycles. The van der Waals surface area contributed by atoms with Crippen LogP contribution in [0.4, 0.5) is 5.82 Å². The highest BCUT2D eigenvalue weighted by Gasteiger charge is 2.12. The van der Waals surface area contributed by atoms with Gasteiger partial charge in [-0.05, 0) is 26.0 Å². The standard InChI is InChI=1S/C16H19N3O4/c1-3-22-11-16(21)23-10-15(20)17-14-9-12(2)18-19(14)13-7-5-4-6-8-13/h4-9H,3,10-11H2,1-2H3,(H,17,20). The van der Waals surface area contributed by atoms with E-state index in [2.05, 4.69) is 10.4 Å². The number of benzene rings is 1. The first kappa shape index (κ1) is 16.7. The fourth-order valence-electron chi connectivity index (χ4n) is 1.91. The summed E-state index contributed by atoms with van der Waals surface area (Å²) in [4.78, 5) is 23.2. The highest BCUT2D eigenvalue weighted by atomic mass is 16.6. The number of aromatic nitrogens is 2. The number of ether oxygens (including phenoxy) is 2. The van der Waals surface area contributed by atoms with Gasteiger partial charge in [0, 0.05) is 12.7 Å². The lowest BCUT2D eigenvalue weighted by Crippen LogP contribution is -2.24. The highest BCUT2D eigenvalue weighted by molar-refractivity contribution is 5.92. The number of carbonyl (C=O) groups is 2. The van der Waals surface area contributed by atoms with E-state index in [-0.39, 0.29) is 13.2 Å². The van der Waals surface area contributed by atoms with E-state index >= 15 is 0 Å². The van der Waals surface area contributed by atoms with Crippen molar-refractivity contribution in [3.63, 3.8) is 0 Å². The zero-order valence-corrected chi connectivity index (χ0v) is 13.1. The number of para-hydroxylation sites is 1. The molecule has 7 heteroatoms. The van der Waals surface area contributed by atoms with Gasteiger partial charge in [0.1, 0.15) is 12.4 Å². The summed E-state index contributed by atoms with van der Waals surface area (Å²) in [5, 5.41) is 7.03. The fourth-order valence-corrected chi connectivity index (χ4v) is 1.91. The molecular formula is C16H19N3O4. The maximum Gasteiger partial charge on any atom is 0.332 e. The zero-order valence-electron chi connectivity index (χ0n) is 13.1. The van der Waals surface area contributed by atoms with Crippen molar-refractivity contribution in [3.05, 3.63) is 42.1 Å². The third-order valence-corrected chi connectivity index (χ3v) is 2.89. The lowest BCUT2D eigenvalue weighted by atomic mass is 10.3. The van der Waals surface area contributed by atoms with E-state index in [9.17, 15) is 9.59 Å². The number of esters is 1. The molecule has 0 spiro atoms. The maximum atomic E-state index is 11.9. The molecule has 1 aromatic carbocycles. The van der Waals surface area contributed by atoms with Crippen molar-refractivity contribution in [2.24, 2.45) is 0 Å². The third-order valence-electron chi connectivity index (χ3n) is 2.89. The lowest BCUT2D eigenvalue weighted by molar-refractivity contribution is -0.151. The van der Waals surface area contributed by atoms with Crippen LogP contribution in [0.15, 0.2) is 36.4 Å². The van der Waals surface area contributed by atoms with Crippen LogP contribution < -0.4 is 5.32 Å². The Balaban J connectivity index is 1.98. The summed E-state index contributed by atoms with van der Waals surface area (Å²) >= 11 is 0. The first-order chi connectivity index (χ1) is 11.1. The minimum absolute atomic E-state index is 0.162. The summed E-state index contributed by atoms with van der Waals surface area (Å²) in [5.41, 5.74) is 1.58. The van der Waals surface area contributed by atoms with Crippen LogP contribution in [0.1, 0.15) is 12.6 Å². The van der Waals surface area contributed by atoms with Gasteiger partial charge < -0.3 is 14.8 Å². The Morgan fingerprint density at radius 1 is 1.22 bits per heavy atom. The zero-order chi connectivity index (χ0) is 16.7. The number of hydrogen-bond donors (Lipinski definition) is 1. The molecule has 0 aliphatic rings. The molecule has 7 nitrogen and oxygen atoms in total. The Morgan fingerprint density at radius 3 is 2.65 bits per heavy atom. The van der Waals surface area contributed by atoms with Gasteiger partial charge in [0.15, 0.2) is 6.61 Å². The highest BCUT2D eigenvalue weighted by Crippen LogP contribution is 2.16. The average Bonchev–Trinajstić information content (AvgIpc) is 2.92. The number of nitrogens with one attached hydrogen (secondary N) is 1. The number of amides is 1. The molecule has 1 N–H and O–H groups in total. The minimum atomic E-state index is -0.574. The number of rotatable bonds is 7. The average molecular weight is 317 g/mol. The second kappa shape index (κ2) is 8.09. The number of aryl methyl sites for hydroxylation is 1. The predicted octanol–water partition coefficient (Wildman–Crippen LogP) is 1.70. The van der Waals surface area contributed by atoms with Crippen LogP contribution >= 0.6 is 0 Å². The second-order valence-electron chi connectivity index (χ2n) is 4.76. The van der Waals surface area contributed by atoms with E-state index in [1.54, 1.807) is 17.7 Å². The number of hydrogen-bond acceptors (Lipinski definition) is 5. The molecular weight excluding hydrogens is 298 g/mol. The summed E-state index contributed by atoms with van der Waals surface area (Å²) in [6.45, 7) is 3.48. The summed E-state index contributed by atoms with van der Waals surface area (Å²) in [6, 6.07) is 11.2. The molecule has 122 valence electrons. The van der Waals surface area contributed by atoms with E-state index in [1.807, 2.05) is 37.3 Å². The van der Waals surface area contributed by atoms with Crippen molar-refractivity contribution in [1.82, 2.24) is 9.78 Å². The molecule has 0 bridgehead atoms. The van der Waals surface area contributed by atoms with Crippen molar-refractivity contribution in [3.8, 4) is 5.69 Å². The van der Waals surface area contributed by atoms with Crippen molar-refractivity contribution in [2.45, 2.75) is 13.8 Å². The molecule has 23 heavy (non-hydrogen) atoms. The SMILES string of the molecule is CCOCC(=O)OCC(=O)Nc1cc(C)nn1-c1ccccc1. The van der Waals surface area contributed by atoms with Gasteiger partial charge in [0.2, 0.25) is 0 Å². The van der Waals surface area contributed by atoms with Gasteiger partial charge in [-0.15, -0.1) is 0 Å².